The Kier molecular flexibility index (Phi) is 4.86. The molecule has 0 aromatic heterocycles. The van der Waals surface area contributed by atoms with Crippen molar-refractivity contribution in [2.45, 2.75) is 35.5 Å². The Hall–Kier alpha value is -0.0271. The van der Waals surface area contributed by atoms with Gasteiger partial charge < -0.3 is 0 Å². The first-order valence-electron chi connectivity index (χ1n) is 4.29. The maximum atomic E-state index is 11.1. The van der Waals surface area contributed by atoms with Gasteiger partial charge >= 0.3 is 76.6 Å². The molecule has 0 aromatic rings. The van der Waals surface area contributed by atoms with Gasteiger partial charge in [-0.2, -0.15) is 0 Å². The topological polar surface area (TPSA) is 52.3 Å². The molecule has 1 unspecified atom stereocenters. The summed E-state index contributed by atoms with van der Waals surface area (Å²) in [7, 11) is 0. The zero-order valence-electron chi connectivity index (χ0n) is 8.39. The molecule has 0 bridgehead atoms. The van der Waals surface area contributed by atoms with E-state index >= 15 is 0 Å². The fourth-order valence-electron chi connectivity index (χ4n) is 0.992. The Bertz CT molecular complexity index is 154. The summed E-state index contributed by atoms with van der Waals surface area (Å²) in [5.74, 6) is 6.45. The number of esters is 1. The fraction of sp³-hybridized carbons (Fsp3) is 0.875. The minimum atomic E-state index is -1.70. The van der Waals surface area contributed by atoms with Gasteiger partial charge in [-0.1, -0.05) is 0 Å². The molecule has 0 heterocycles. The van der Waals surface area contributed by atoms with E-state index in [4.69, 9.17) is 10.5 Å². The summed E-state index contributed by atoms with van der Waals surface area (Å²) in [6, 6.07) is -0.398. The molecular formula is C8H19GeNO2. The number of ether oxygens (including phenoxy) is 1. The first-order valence-corrected chi connectivity index (χ1v) is 12.1. The van der Waals surface area contributed by atoms with E-state index in [1.54, 1.807) is 6.92 Å². The molecule has 0 rings (SSSR count). The Morgan fingerprint density at radius 2 is 2.00 bits per heavy atom. The number of hydrogen-bond acceptors (Lipinski definition) is 3. The SMILES string of the molecule is CCOC(=O)C(N)[CH2][Ge]([CH3])([CH3])[CH3]. The van der Waals surface area contributed by atoms with Crippen LogP contribution in [-0.2, 0) is 9.53 Å². The van der Waals surface area contributed by atoms with Gasteiger partial charge in [-0.3, -0.25) is 0 Å². The fourth-order valence-corrected chi connectivity index (χ4v) is 4.11. The van der Waals surface area contributed by atoms with Gasteiger partial charge in [0.15, 0.2) is 0 Å². The summed E-state index contributed by atoms with van der Waals surface area (Å²) >= 11 is -1.70. The first-order chi connectivity index (χ1) is 5.37. The van der Waals surface area contributed by atoms with Crippen LogP contribution in [0.25, 0.3) is 0 Å². The van der Waals surface area contributed by atoms with Crippen LogP contribution in [0.4, 0.5) is 0 Å². The van der Waals surface area contributed by atoms with Crippen molar-refractivity contribution < 1.29 is 9.53 Å². The van der Waals surface area contributed by atoms with Crippen LogP contribution < -0.4 is 5.73 Å². The summed E-state index contributed by atoms with van der Waals surface area (Å²) < 4.78 is 4.82. The van der Waals surface area contributed by atoms with E-state index in [0.29, 0.717) is 6.61 Å². The predicted octanol–water partition coefficient (Wildman–Crippen LogP) is 1.21. The third kappa shape index (κ3) is 5.60. The molecule has 3 nitrogen and oxygen atoms in total. The molecule has 72 valence electrons. The molecule has 0 fully saturated rings. The normalized spacial score (nSPS) is 14.1. The van der Waals surface area contributed by atoms with Crippen molar-refractivity contribution >= 4 is 19.2 Å². The van der Waals surface area contributed by atoms with Crippen LogP contribution in [0.5, 0.6) is 0 Å². The number of carbonyl (C=O) groups excluding carboxylic acids is 1. The molecule has 0 saturated heterocycles. The van der Waals surface area contributed by atoms with Crippen molar-refractivity contribution in [3.8, 4) is 0 Å². The zero-order valence-corrected chi connectivity index (χ0v) is 10.5. The predicted molar refractivity (Wildman–Crippen MR) is 52.8 cm³/mol. The summed E-state index contributed by atoms with van der Waals surface area (Å²) in [5.41, 5.74) is 5.66. The standard InChI is InChI=1S/C8H19GeNO2/c1-5-12-8(11)7(10)6-9(2,3)4/h7H,5-6,10H2,1-4H3. The second-order valence-corrected chi connectivity index (χ2v) is 15.7. The Labute approximate surface area is 77.0 Å². The second kappa shape index (κ2) is 4.87. The monoisotopic (exact) mass is 235 g/mol. The van der Waals surface area contributed by atoms with Crippen LogP contribution in [0.3, 0.4) is 0 Å². The van der Waals surface area contributed by atoms with Gasteiger partial charge in [-0.05, 0) is 0 Å². The number of rotatable bonds is 4. The molecule has 0 aliphatic heterocycles. The molecular weight excluding hydrogens is 215 g/mol. The molecule has 4 heteroatoms. The van der Waals surface area contributed by atoms with Gasteiger partial charge in [0.2, 0.25) is 0 Å². The van der Waals surface area contributed by atoms with Crippen molar-refractivity contribution in [1.82, 2.24) is 0 Å². The summed E-state index contributed by atoms with van der Waals surface area (Å²) in [6.45, 7) is 2.22. The molecule has 0 aromatic carbocycles. The van der Waals surface area contributed by atoms with Crippen LogP contribution in [0.1, 0.15) is 6.92 Å². The van der Waals surface area contributed by atoms with E-state index < -0.39 is 19.3 Å². The summed E-state index contributed by atoms with van der Waals surface area (Å²) in [4.78, 5) is 11.1. The van der Waals surface area contributed by atoms with Gasteiger partial charge in [0, 0.05) is 0 Å². The number of hydrogen-bond donors (Lipinski definition) is 1. The van der Waals surface area contributed by atoms with Crippen LogP contribution in [0.2, 0.25) is 22.5 Å². The van der Waals surface area contributed by atoms with E-state index in [9.17, 15) is 4.79 Å². The molecule has 0 amide bonds. The molecule has 0 radical (unpaired) electrons. The van der Waals surface area contributed by atoms with Crippen molar-refractivity contribution in [2.24, 2.45) is 5.73 Å². The van der Waals surface area contributed by atoms with Crippen molar-refractivity contribution in [3.63, 3.8) is 0 Å². The maximum absolute atomic E-state index is 11.1. The molecule has 0 aliphatic rings. The van der Waals surface area contributed by atoms with Gasteiger partial charge in [0.1, 0.15) is 0 Å². The van der Waals surface area contributed by atoms with Crippen molar-refractivity contribution in [2.75, 3.05) is 6.61 Å². The average molecular weight is 234 g/mol. The van der Waals surface area contributed by atoms with E-state index in [2.05, 4.69) is 17.3 Å². The van der Waals surface area contributed by atoms with Crippen molar-refractivity contribution in [3.05, 3.63) is 0 Å². The quantitative estimate of drug-likeness (QED) is 0.587. The van der Waals surface area contributed by atoms with Crippen LogP contribution in [-0.4, -0.2) is 31.9 Å². The van der Waals surface area contributed by atoms with Gasteiger partial charge in [-0.15, -0.1) is 0 Å². The second-order valence-electron chi connectivity index (χ2n) is 4.12. The molecule has 1 atom stereocenters. The van der Waals surface area contributed by atoms with Crippen LogP contribution in [0, 0.1) is 0 Å². The van der Waals surface area contributed by atoms with E-state index in [1.165, 1.54) is 0 Å². The number of nitrogens with two attached hydrogens (primary N) is 1. The number of carbonyl (C=O) groups is 1. The Morgan fingerprint density at radius 1 is 1.50 bits per heavy atom. The molecule has 12 heavy (non-hydrogen) atoms. The van der Waals surface area contributed by atoms with Crippen LogP contribution in [0.15, 0.2) is 0 Å². The molecule has 0 aliphatic carbocycles. The first kappa shape index (κ1) is 12.0. The molecule has 0 saturated carbocycles. The molecule has 0 spiro atoms. The van der Waals surface area contributed by atoms with E-state index in [1.807, 2.05) is 0 Å². The van der Waals surface area contributed by atoms with E-state index in [-0.39, 0.29) is 5.97 Å². The average Bonchev–Trinajstić information content (AvgIpc) is 1.84. The third-order valence-electron chi connectivity index (χ3n) is 1.42. The van der Waals surface area contributed by atoms with Gasteiger partial charge in [0.25, 0.3) is 0 Å². The van der Waals surface area contributed by atoms with E-state index in [0.717, 1.165) is 5.25 Å². The third-order valence-corrected chi connectivity index (χ3v) is 4.91. The minimum absolute atomic E-state index is 0.252. The summed E-state index contributed by atoms with van der Waals surface area (Å²) in [6.07, 6.45) is 0. The van der Waals surface area contributed by atoms with Gasteiger partial charge in [0.05, 0.1) is 0 Å². The summed E-state index contributed by atoms with van der Waals surface area (Å²) in [5, 5.41) is 0.846. The Balaban J connectivity index is 3.87. The van der Waals surface area contributed by atoms with Gasteiger partial charge in [-0.25, -0.2) is 0 Å². The van der Waals surface area contributed by atoms with Crippen LogP contribution >= 0.6 is 0 Å². The molecule has 2 N–H and O–H groups in total. The van der Waals surface area contributed by atoms with Crippen molar-refractivity contribution in [1.29, 1.82) is 0 Å². The Morgan fingerprint density at radius 3 is 2.33 bits per heavy atom. The zero-order chi connectivity index (χ0) is 9.78.